The van der Waals surface area contributed by atoms with Gasteiger partial charge in [-0.15, -0.1) is 0 Å². The van der Waals surface area contributed by atoms with E-state index in [2.05, 4.69) is 6.92 Å². The van der Waals surface area contributed by atoms with E-state index in [0.717, 1.165) is 29.8 Å². The summed E-state index contributed by atoms with van der Waals surface area (Å²) in [6.07, 6.45) is 2.05. The van der Waals surface area contributed by atoms with Gasteiger partial charge in [-0.3, -0.25) is 9.59 Å². The van der Waals surface area contributed by atoms with Crippen molar-refractivity contribution in [3.8, 4) is 0 Å². The topological polar surface area (TPSA) is 40.6 Å². The molecule has 0 N–H and O–H groups in total. The summed E-state index contributed by atoms with van der Waals surface area (Å²) in [5, 5.41) is 0. The zero-order chi connectivity index (χ0) is 18.7. The lowest BCUT2D eigenvalue weighted by Gasteiger charge is -2.43. The van der Waals surface area contributed by atoms with Gasteiger partial charge in [0.15, 0.2) is 0 Å². The standard InChI is InChI=1S/C22H26N2O2/c1-4-10-22(26)24(18-11-6-5-7-12-18)21-15-16(2)23(17(3)25)20-14-9-8-13-19(20)21/h5-9,11-14,16,21H,4,10,15H2,1-3H3. The molecule has 2 atom stereocenters. The quantitative estimate of drug-likeness (QED) is 0.801. The molecule has 1 aliphatic rings. The van der Waals surface area contributed by atoms with Crippen LogP contribution in [0.25, 0.3) is 0 Å². The van der Waals surface area contributed by atoms with Crippen LogP contribution in [0.3, 0.4) is 0 Å². The molecule has 1 aliphatic heterocycles. The first-order valence-electron chi connectivity index (χ1n) is 9.30. The number of hydrogen-bond acceptors (Lipinski definition) is 2. The average molecular weight is 350 g/mol. The predicted molar refractivity (Wildman–Crippen MR) is 105 cm³/mol. The van der Waals surface area contributed by atoms with Gasteiger partial charge in [0, 0.05) is 30.8 Å². The fourth-order valence-electron chi connectivity index (χ4n) is 3.93. The molecule has 4 nitrogen and oxygen atoms in total. The number of amides is 2. The van der Waals surface area contributed by atoms with Crippen molar-refractivity contribution >= 4 is 23.2 Å². The van der Waals surface area contributed by atoms with Gasteiger partial charge in [0.05, 0.1) is 6.04 Å². The SMILES string of the molecule is CCCC(=O)N(c1ccccc1)C1CC(C)N(C(C)=O)c2ccccc21. The fraction of sp³-hybridized carbons (Fsp3) is 0.364. The fourth-order valence-corrected chi connectivity index (χ4v) is 3.93. The highest BCUT2D eigenvalue weighted by molar-refractivity contribution is 5.97. The van der Waals surface area contributed by atoms with Crippen LogP contribution in [0.4, 0.5) is 11.4 Å². The Labute approximate surface area is 155 Å². The molecule has 0 saturated heterocycles. The minimum atomic E-state index is -0.0711. The number of anilines is 2. The molecule has 0 saturated carbocycles. The molecule has 0 radical (unpaired) electrons. The van der Waals surface area contributed by atoms with Gasteiger partial charge in [-0.2, -0.15) is 0 Å². The molecule has 2 aromatic carbocycles. The number of rotatable bonds is 4. The van der Waals surface area contributed by atoms with Gasteiger partial charge < -0.3 is 9.80 Å². The molecular formula is C22H26N2O2. The number of nitrogens with zero attached hydrogens (tertiary/aromatic N) is 2. The number of benzene rings is 2. The molecule has 2 unspecified atom stereocenters. The number of carbonyl (C=O) groups excluding carboxylic acids is 2. The third-order valence-corrected chi connectivity index (χ3v) is 4.98. The van der Waals surface area contributed by atoms with E-state index in [-0.39, 0.29) is 23.9 Å². The lowest BCUT2D eigenvalue weighted by molar-refractivity contribution is -0.119. The average Bonchev–Trinajstić information content (AvgIpc) is 2.62. The van der Waals surface area contributed by atoms with E-state index in [4.69, 9.17) is 0 Å². The number of fused-ring (bicyclic) bond motifs is 1. The second-order valence-corrected chi connectivity index (χ2v) is 6.90. The van der Waals surface area contributed by atoms with E-state index in [1.165, 1.54) is 0 Å². The summed E-state index contributed by atoms with van der Waals surface area (Å²) in [7, 11) is 0. The minimum Gasteiger partial charge on any atom is -0.309 e. The van der Waals surface area contributed by atoms with Gasteiger partial charge in [0.1, 0.15) is 0 Å². The van der Waals surface area contributed by atoms with Crippen molar-refractivity contribution in [2.45, 2.75) is 52.1 Å². The highest BCUT2D eigenvalue weighted by Crippen LogP contribution is 2.42. The zero-order valence-electron chi connectivity index (χ0n) is 15.7. The Morgan fingerprint density at radius 1 is 1.08 bits per heavy atom. The molecule has 4 heteroatoms. The molecule has 0 aliphatic carbocycles. The molecule has 1 heterocycles. The normalized spacial score (nSPS) is 19.0. The second-order valence-electron chi connectivity index (χ2n) is 6.90. The molecule has 2 amide bonds. The molecule has 3 rings (SSSR count). The van der Waals surface area contributed by atoms with Crippen LogP contribution in [0.15, 0.2) is 54.6 Å². The van der Waals surface area contributed by atoms with Crippen LogP contribution < -0.4 is 9.80 Å². The van der Waals surface area contributed by atoms with Crippen LogP contribution in [-0.4, -0.2) is 17.9 Å². The second kappa shape index (κ2) is 7.73. The summed E-state index contributed by atoms with van der Waals surface area (Å²) in [6, 6.07) is 17.8. The third-order valence-electron chi connectivity index (χ3n) is 4.98. The van der Waals surface area contributed by atoms with Crippen LogP contribution in [0, 0.1) is 0 Å². The van der Waals surface area contributed by atoms with Crippen molar-refractivity contribution in [2.75, 3.05) is 9.80 Å². The Morgan fingerprint density at radius 2 is 1.73 bits per heavy atom. The summed E-state index contributed by atoms with van der Waals surface area (Å²) >= 11 is 0. The lowest BCUT2D eigenvalue weighted by Crippen LogP contribution is -2.47. The van der Waals surface area contributed by atoms with Crippen LogP contribution in [0.2, 0.25) is 0 Å². The Morgan fingerprint density at radius 3 is 2.38 bits per heavy atom. The Bertz CT molecular complexity index is 788. The van der Waals surface area contributed by atoms with Crippen LogP contribution >= 0.6 is 0 Å². The molecule has 136 valence electrons. The summed E-state index contributed by atoms with van der Waals surface area (Å²) in [4.78, 5) is 29.0. The minimum absolute atomic E-state index is 0.0352. The van der Waals surface area contributed by atoms with Crippen molar-refractivity contribution in [1.29, 1.82) is 0 Å². The van der Waals surface area contributed by atoms with Crippen molar-refractivity contribution in [3.63, 3.8) is 0 Å². The smallest absolute Gasteiger partial charge is 0.227 e. The molecule has 0 spiro atoms. The van der Waals surface area contributed by atoms with Gasteiger partial charge in [-0.05, 0) is 43.5 Å². The molecule has 0 fully saturated rings. The first kappa shape index (κ1) is 18.2. The van der Waals surface area contributed by atoms with Crippen molar-refractivity contribution < 1.29 is 9.59 Å². The summed E-state index contributed by atoms with van der Waals surface area (Å²) in [5.41, 5.74) is 2.86. The monoisotopic (exact) mass is 350 g/mol. The van der Waals surface area contributed by atoms with Gasteiger partial charge >= 0.3 is 0 Å². The lowest BCUT2D eigenvalue weighted by atomic mass is 9.89. The van der Waals surface area contributed by atoms with E-state index < -0.39 is 0 Å². The molecule has 26 heavy (non-hydrogen) atoms. The highest BCUT2D eigenvalue weighted by atomic mass is 16.2. The first-order valence-corrected chi connectivity index (χ1v) is 9.30. The van der Waals surface area contributed by atoms with Crippen LogP contribution in [0.5, 0.6) is 0 Å². The third kappa shape index (κ3) is 3.36. The van der Waals surface area contributed by atoms with Crippen molar-refractivity contribution in [2.24, 2.45) is 0 Å². The first-order chi connectivity index (χ1) is 12.5. The number of para-hydroxylation sites is 2. The van der Waals surface area contributed by atoms with Gasteiger partial charge in [0.25, 0.3) is 0 Å². The Kier molecular flexibility index (Phi) is 5.40. The van der Waals surface area contributed by atoms with E-state index in [0.29, 0.717) is 6.42 Å². The van der Waals surface area contributed by atoms with Crippen molar-refractivity contribution in [1.82, 2.24) is 0 Å². The van der Waals surface area contributed by atoms with Crippen LogP contribution in [0.1, 0.15) is 51.6 Å². The van der Waals surface area contributed by atoms with E-state index in [1.807, 2.05) is 71.3 Å². The molecule has 2 aromatic rings. The van der Waals surface area contributed by atoms with Gasteiger partial charge in [-0.25, -0.2) is 0 Å². The number of hydrogen-bond donors (Lipinski definition) is 0. The largest absolute Gasteiger partial charge is 0.309 e. The summed E-state index contributed by atoms with van der Waals surface area (Å²) in [6.45, 7) is 5.68. The van der Waals surface area contributed by atoms with Gasteiger partial charge in [-0.1, -0.05) is 43.3 Å². The van der Waals surface area contributed by atoms with E-state index in [9.17, 15) is 9.59 Å². The maximum atomic E-state index is 13.0. The zero-order valence-corrected chi connectivity index (χ0v) is 15.7. The van der Waals surface area contributed by atoms with E-state index in [1.54, 1.807) is 6.92 Å². The highest BCUT2D eigenvalue weighted by Gasteiger charge is 2.37. The van der Waals surface area contributed by atoms with E-state index >= 15 is 0 Å². The maximum absolute atomic E-state index is 13.0. The Balaban J connectivity index is 2.11. The Hall–Kier alpha value is -2.62. The summed E-state index contributed by atoms with van der Waals surface area (Å²) in [5.74, 6) is 0.163. The van der Waals surface area contributed by atoms with Crippen molar-refractivity contribution in [3.05, 3.63) is 60.2 Å². The predicted octanol–water partition coefficient (Wildman–Crippen LogP) is 4.71. The maximum Gasteiger partial charge on any atom is 0.227 e. The number of carbonyl (C=O) groups is 2. The molecular weight excluding hydrogens is 324 g/mol. The summed E-state index contributed by atoms with van der Waals surface area (Å²) < 4.78 is 0. The van der Waals surface area contributed by atoms with Crippen LogP contribution in [-0.2, 0) is 9.59 Å². The van der Waals surface area contributed by atoms with Gasteiger partial charge in [0.2, 0.25) is 11.8 Å². The molecule has 0 aromatic heterocycles. The molecule has 0 bridgehead atoms.